The maximum absolute atomic E-state index is 12.8. The number of benzene rings is 1. The summed E-state index contributed by atoms with van der Waals surface area (Å²) in [5.74, 6) is -2.27. The van der Waals surface area contributed by atoms with Gasteiger partial charge in [-0.3, -0.25) is 9.59 Å². The molecule has 0 radical (unpaired) electrons. The maximum Gasteiger partial charge on any atom is 0.343 e. The zero-order valence-corrected chi connectivity index (χ0v) is 17.9. The van der Waals surface area contributed by atoms with Crippen molar-refractivity contribution >= 4 is 34.8 Å². The molecule has 3 aromatic rings. The van der Waals surface area contributed by atoms with Gasteiger partial charge in [0, 0.05) is 12.5 Å². The minimum absolute atomic E-state index is 0.0774. The molecule has 31 heavy (non-hydrogen) atoms. The lowest BCUT2D eigenvalue weighted by molar-refractivity contribution is -0.142. The molecule has 0 aliphatic heterocycles. The smallest absolute Gasteiger partial charge is 0.343 e. The van der Waals surface area contributed by atoms with E-state index in [1.807, 2.05) is 37.3 Å². The SMILES string of the molecule is CCc1c(C(=O)C(N)=O)c2c(OCC(=O)OC)cc(CCl)nn2c1Cc1ccccc1. The highest BCUT2D eigenvalue weighted by Gasteiger charge is 2.29. The number of fused-ring (bicyclic) bond motifs is 1. The molecule has 0 atom stereocenters. The highest BCUT2D eigenvalue weighted by atomic mass is 35.5. The average molecular weight is 444 g/mol. The number of amides is 1. The quantitative estimate of drug-likeness (QED) is 0.235. The van der Waals surface area contributed by atoms with Crippen molar-refractivity contribution in [2.24, 2.45) is 5.73 Å². The molecule has 1 amide bonds. The number of aromatic nitrogens is 2. The topological polar surface area (TPSA) is 113 Å². The zero-order chi connectivity index (χ0) is 22.5. The second kappa shape index (κ2) is 9.61. The van der Waals surface area contributed by atoms with E-state index in [2.05, 4.69) is 9.84 Å². The third-order valence-corrected chi connectivity index (χ3v) is 5.12. The lowest BCUT2D eigenvalue weighted by atomic mass is 9.99. The molecule has 3 rings (SSSR count). The molecule has 0 spiro atoms. The normalized spacial score (nSPS) is 10.8. The van der Waals surface area contributed by atoms with Gasteiger partial charge in [-0.25, -0.2) is 9.31 Å². The first-order valence-electron chi connectivity index (χ1n) is 9.61. The number of Topliss-reactive ketones (excluding diaryl/α,β-unsaturated/α-hetero) is 1. The number of halogens is 1. The third kappa shape index (κ3) is 4.54. The van der Waals surface area contributed by atoms with E-state index in [-0.39, 0.29) is 29.3 Å². The molecule has 0 fully saturated rings. The van der Waals surface area contributed by atoms with Crippen LogP contribution in [0.2, 0.25) is 0 Å². The van der Waals surface area contributed by atoms with E-state index in [1.165, 1.54) is 13.2 Å². The van der Waals surface area contributed by atoms with E-state index in [1.54, 1.807) is 4.52 Å². The molecule has 8 nitrogen and oxygen atoms in total. The van der Waals surface area contributed by atoms with Crippen molar-refractivity contribution in [3.8, 4) is 5.75 Å². The first-order chi connectivity index (χ1) is 14.9. The van der Waals surface area contributed by atoms with Crippen LogP contribution < -0.4 is 10.5 Å². The Hall–Kier alpha value is -3.39. The first kappa shape index (κ1) is 22.3. The second-order valence-corrected chi connectivity index (χ2v) is 7.04. The van der Waals surface area contributed by atoms with Gasteiger partial charge in [-0.1, -0.05) is 37.3 Å². The molecule has 9 heteroatoms. The number of ketones is 1. The van der Waals surface area contributed by atoms with Crippen molar-refractivity contribution in [3.63, 3.8) is 0 Å². The van der Waals surface area contributed by atoms with Gasteiger partial charge in [0.05, 0.1) is 29.9 Å². The van der Waals surface area contributed by atoms with Crippen LogP contribution in [0, 0.1) is 0 Å². The van der Waals surface area contributed by atoms with E-state index in [0.717, 1.165) is 5.56 Å². The Morgan fingerprint density at radius 3 is 2.48 bits per heavy atom. The number of nitrogens with two attached hydrogens (primary N) is 1. The molecule has 2 aromatic heterocycles. The molecule has 0 saturated carbocycles. The Labute approximate surface area is 183 Å². The molecule has 1 aromatic carbocycles. The molecule has 162 valence electrons. The summed E-state index contributed by atoms with van der Waals surface area (Å²) >= 11 is 6.03. The number of rotatable bonds is 9. The maximum atomic E-state index is 12.8. The summed E-state index contributed by atoms with van der Waals surface area (Å²) in [7, 11) is 1.24. The van der Waals surface area contributed by atoms with Gasteiger partial charge in [-0.15, -0.1) is 11.6 Å². The number of methoxy groups -OCH3 is 1. The molecule has 0 aliphatic carbocycles. The largest absolute Gasteiger partial charge is 0.480 e. The van der Waals surface area contributed by atoms with Gasteiger partial charge in [0.15, 0.2) is 6.61 Å². The van der Waals surface area contributed by atoms with Crippen LogP contribution in [0.25, 0.3) is 5.52 Å². The van der Waals surface area contributed by atoms with Gasteiger partial charge in [-0.05, 0) is 17.5 Å². The number of carbonyl (C=O) groups is 3. The number of primary amides is 1. The number of hydrogen-bond donors (Lipinski definition) is 1. The molecule has 0 bridgehead atoms. The average Bonchev–Trinajstić information content (AvgIpc) is 3.10. The van der Waals surface area contributed by atoms with Gasteiger partial charge in [0.2, 0.25) is 0 Å². The molecule has 0 aliphatic rings. The number of carbonyl (C=O) groups excluding carboxylic acids is 3. The summed E-state index contributed by atoms with van der Waals surface area (Å²) in [6.45, 7) is 1.49. The highest BCUT2D eigenvalue weighted by Crippen LogP contribution is 2.33. The fourth-order valence-corrected chi connectivity index (χ4v) is 3.59. The third-order valence-electron chi connectivity index (χ3n) is 4.84. The number of hydrogen-bond acceptors (Lipinski definition) is 6. The lowest BCUT2D eigenvalue weighted by Crippen LogP contribution is -2.24. The van der Waals surface area contributed by atoms with Crippen molar-refractivity contribution in [3.05, 3.63) is 64.5 Å². The van der Waals surface area contributed by atoms with Gasteiger partial charge < -0.3 is 15.2 Å². The van der Waals surface area contributed by atoms with Crippen molar-refractivity contribution in [1.82, 2.24) is 9.61 Å². The molecule has 0 saturated heterocycles. The Balaban J connectivity index is 2.32. The van der Waals surface area contributed by atoms with E-state index >= 15 is 0 Å². The highest BCUT2D eigenvalue weighted by molar-refractivity contribution is 6.44. The minimum Gasteiger partial charge on any atom is -0.480 e. The Kier molecular flexibility index (Phi) is 6.91. The van der Waals surface area contributed by atoms with Crippen LogP contribution in [0.4, 0.5) is 0 Å². The number of alkyl halides is 1. The summed E-state index contributed by atoms with van der Waals surface area (Å²) in [5.41, 5.74) is 8.54. The first-order valence-corrected chi connectivity index (χ1v) is 10.1. The standard InChI is InChI=1S/C22H22ClN3O5/c1-3-15-16(9-13-7-5-4-6-8-13)26-20(19(15)21(28)22(24)29)17(10-14(11-23)25-26)31-12-18(27)30-2/h4-8,10H,3,9,11-12H2,1-2H3,(H2,24,29). The molecule has 2 heterocycles. The van der Waals surface area contributed by atoms with Gasteiger partial charge in [0.25, 0.3) is 11.7 Å². The van der Waals surface area contributed by atoms with E-state index in [4.69, 9.17) is 22.1 Å². The predicted octanol–water partition coefficient (Wildman–Crippen LogP) is 2.45. The fourth-order valence-electron chi connectivity index (χ4n) is 3.46. The summed E-state index contributed by atoms with van der Waals surface area (Å²) < 4.78 is 11.8. The van der Waals surface area contributed by atoms with Crippen LogP contribution in [-0.2, 0) is 33.0 Å². The molecule has 2 N–H and O–H groups in total. The monoisotopic (exact) mass is 443 g/mol. The summed E-state index contributed by atoms with van der Waals surface area (Å²) in [4.78, 5) is 36.3. The van der Waals surface area contributed by atoms with Gasteiger partial charge in [0.1, 0.15) is 11.3 Å². The fraction of sp³-hybridized carbons (Fsp3) is 0.273. The van der Waals surface area contributed by atoms with Gasteiger partial charge >= 0.3 is 5.97 Å². The Morgan fingerprint density at radius 2 is 1.90 bits per heavy atom. The van der Waals surface area contributed by atoms with Crippen molar-refractivity contribution in [2.45, 2.75) is 25.6 Å². The number of ether oxygens (including phenoxy) is 2. The van der Waals surface area contributed by atoms with Crippen LogP contribution in [0.1, 0.15) is 39.8 Å². The Bertz CT molecular complexity index is 1140. The lowest BCUT2D eigenvalue weighted by Gasteiger charge is -2.11. The zero-order valence-electron chi connectivity index (χ0n) is 17.2. The van der Waals surface area contributed by atoms with Crippen LogP contribution in [-0.4, -0.2) is 41.0 Å². The number of esters is 1. The summed E-state index contributed by atoms with van der Waals surface area (Å²) in [5, 5.41) is 4.55. The van der Waals surface area contributed by atoms with Crippen LogP contribution >= 0.6 is 11.6 Å². The van der Waals surface area contributed by atoms with E-state index in [9.17, 15) is 14.4 Å². The van der Waals surface area contributed by atoms with E-state index < -0.39 is 17.7 Å². The van der Waals surface area contributed by atoms with Crippen LogP contribution in [0.3, 0.4) is 0 Å². The van der Waals surface area contributed by atoms with Crippen molar-refractivity contribution < 1.29 is 23.9 Å². The van der Waals surface area contributed by atoms with Crippen molar-refractivity contribution in [2.75, 3.05) is 13.7 Å². The Morgan fingerprint density at radius 1 is 1.19 bits per heavy atom. The summed E-state index contributed by atoms with van der Waals surface area (Å²) in [6.07, 6.45) is 0.902. The second-order valence-electron chi connectivity index (χ2n) is 6.77. The summed E-state index contributed by atoms with van der Waals surface area (Å²) in [6, 6.07) is 11.2. The van der Waals surface area contributed by atoms with Crippen molar-refractivity contribution in [1.29, 1.82) is 0 Å². The number of nitrogens with zero attached hydrogens (tertiary/aromatic N) is 2. The van der Waals surface area contributed by atoms with E-state index in [0.29, 0.717) is 29.8 Å². The van der Waals surface area contributed by atoms with Crippen LogP contribution in [0.5, 0.6) is 5.75 Å². The van der Waals surface area contributed by atoms with Crippen LogP contribution in [0.15, 0.2) is 36.4 Å². The predicted molar refractivity (Wildman–Crippen MR) is 114 cm³/mol. The molecule has 0 unspecified atom stereocenters. The van der Waals surface area contributed by atoms with Gasteiger partial charge in [-0.2, -0.15) is 5.10 Å². The molecular weight excluding hydrogens is 422 g/mol. The molecular formula is C22H22ClN3O5. The minimum atomic E-state index is -1.09.